The van der Waals surface area contributed by atoms with Crippen LogP contribution in [0.2, 0.25) is 0 Å². The molecule has 4 heteroatoms. The number of rotatable bonds is 1. The minimum atomic E-state index is 0.136. The molecule has 20 heavy (non-hydrogen) atoms. The van der Waals surface area contributed by atoms with Gasteiger partial charge >= 0.3 is 0 Å². The molecule has 0 saturated heterocycles. The maximum atomic E-state index is 5.97. The average molecular weight is 271 g/mol. The van der Waals surface area contributed by atoms with Crippen molar-refractivity contribution in [2.45, 2.75) is 51.2 Å². The van der Waals surface area contributed by atoms with Gasteiger partial charge in [0.15, 0.2) is 0 Å². The Morgan fingerprint density at radius 3 is 3.00 bits per heavy atom. The standard InChI is InChI=1S/C16H21N3O/c1-11-14-9-18-16-13(7-8-17-16)15(14)19(10-20-11)12-5-3-2-4-6-12/h7-9,11-12H,2-6,10H2,1H3,(H,17,18). The summed E-state index contributed by atoms with van der Waals surface area (Å²) in [5, 5.41) is 1.24. The summed E-state index contributed by atoms with van der Waals surface area (Å²) in [7, 11) is 0. The van der Waals surface area contributed by atoms with E-state index in [0.717, 1.165) is 5.65 Å². The number of hydrogen-bond acceptors (Lipinski definition) is 3. The number of hydrogen-bond donors (Lipinski definition) is 1. The second kappa shape index (κ2) is 4.77. The molecule has 0 amide bonds. The number of aromatic amines is 1. The number of anilines is 1. The Kier molecular flexibility index (Phi) is 2.91. The summed E-state index contributed by atoms with van der Waals surface area (Å²) in [6.07, 6.45) is 10.7. The number of H-pyrrole nitrogens is 1. The minimum absolute atomic E-state index is 0.136. The van der Waals surface area contributed by atoms with Gasteiger partial charge in [0.1, 0.15) is 12.4 Å². The molecule has 0 aromatic carbocycles. The highest BCUT2D eigenvalue weighted by atomic mass is 16.5. The van der Waals surface area contributed by atoms with Crippen molar-refractivity contribution < 1.29 is 4.74 Å². The predicted octanol–water partition coefficient (Wildman–Crippen LogP) is 3.75. The van der Waals surface area contributed by atoms with Gasteiger partial charge in [0, 0.05) is 29.4 Å². The fourth-order valence-corrected chi connectivity index (χ4v) is 3.65. The van der Waals surface area contributed by atoms with Gasteiger partial charge in [-0.15, -0.1) is 0 Å². The van der Waals surface area contributed by atoms with Crippen LogP contribution in [-0.2, 0) is 4.74 Å². The van der Waals surface area contributed by atoms with E-state index >= 15 is 0 Å². The molecule has 4 nitrogen and oxygen atoms in total. The van der Waals surface area contributed by atoms with E-state index in [9.17, 15) is 0 Å². The molecule has 1 saturated carbocycles. The number of aromatic nitrogens is 2. The van der Waals surface area contributed by atoms with Crippen molar-refractivity contribution in [1.82, 2.24) is 9.97 Å². The van der Waals surface area contributed by atoms with Gasteiger partial charge < -0.3 is 14.6 Å². The van der Waals surface area contributed by atoms with Crippen molar-refractivity contribution in [3.8, 4) is 0 Å². The molecule has 3 heterocycles. The summed E-state index contributed by atoms with van der Waals surface area (Å²) >= 11 is 0. The van der Waals surface area contributed by atoms with Crippen LogP contribution in [0.15, 0.2) is 18.5 Å². The summed E-state index contributed by atoms with van der Waals surface area (Å²) in [6.45, 7) is 2.83. The summed E-state index contributed by atoms with van der Waals surface area (Å²) in [4.78, 5) is 10.2. The Morgan fingerprint density at radius 2 is 2.15 bits per heavy atom. The molecule has 0 bridgehead atoms. The molecular weight excluding hydrogens is 250 g/mol. The van der Waals surface area contributed by atoms with Gasteiger partial charge in [0.05, 0.1) is 11.8 Å². The highest BCUT2D eigenvalue weighted by Crippen LogP contribution is 2.40. The quantitative estimate of drug-likeness (QED) is 0.858. The molecule has 2 aromatic heterocycles. The van der Waals surface area contributed by atoms with Crippen LogP contribution in [0.1, 0.15) is 50.7 Å². The lowest BCUT2D eigenvalue weighted by Gasteiger charge is -2.41. The lowest BCUT2D eigenvalue weighted by Crippen LogP contribution is -2.42. The van der Waals surface area contributed by atoms with E-state index in [1.807, 2.05) is 12.4 Å². The van der Waals surface area contributed by atoms with Crippen molar-refractivity contribution >= 4 is 16.7 Å². The molecule has 1 aliphatic heterocycles. The van der Waals surface area contributed by atoms with Crippen molar-refractivity contribution in [3.63, 3.8) is 0 Å². The van der Waals surface area contributed by atoms with Gasteiger partial charge in [-0.1, -0.05) is 19.3 Å². The molecule has 1 unspecified atom stereocenters. The number of pyridine rings is 1. The summed E-state index contributed by atoms with van der Waals surface area (Å²) in [6, 6.07) is 2.77. The Morgan fingerprint density at radius 1 is 1.30 bits per heavy atom. The highest BCUT2D eigenvalue weighted by molar-refractivity contribution is 5.92. The van der Waals surface area contributed by atoms with E-state index in [1.165, 1.54) is 48.7 Å². The molecule has 4 rings (SSSR count). The van der Waals surface area contributed by atoms with E-state index in [1.54, 1.807) is 0 Å². The molecule has 1 aliphatic carbocycles. The molecular formula is C16H21N3O. The largest absolute Gasteiger partial charge is 0.353 e. The summed E-state index contributed by atoms with van der Waals surface area (Å²) < 4.78 is 5.97. The molecule has 1 fully saturated rings. The first kappa shape index (κ1) is 12.2. The van der Waals surface area contributed by atoms with Gasteiger partial charge in [-0.2, -0.15) is 0 Å². The van der Waals surface area contributed by atoms with Crippen molar-refractivity contribution in [2.24, 2.45) is 0 Å². The first-order chi connectivity index (χ1) is 9.84. The summed E-state index contributed by atoms with van der Waals surface area (Å²) in [5.74, 6) is 0. The van der Waals surface area contributed by atoms with Crippen LogP contribution in [0.3, 0.4) is 0 Å². The molecule has 1 atom stereocenters. The maximum Gasteiger partial charge on any atom is 0.139 e. The second-order valence-electron chi connectivity index (χ2n) is 6.00. The van der Waals surface area contributed by atoms with E-state index in [0.29, 0.717) is 12.8 Å². The van der Waals surface area contributed by atoms with Crippen LogP contribution in [0.4, 0.5) is 5.69 Å². The first-order valence-electron chi connectivity index (χ1n) is 7.69. The molecule has 2 aromatic rings. The maximum absolute atomic E-state index is 5.97. The predicted molar refractivity (Wildman–Crippen MR) is 79.8 cm³/mol. The second-order valence-corrected chi connectivity index (χ2v) is 6.00. The molecule has 106 valence electrons. The fourth-order valence-electron chi connectivity index (χ4n) is 3.65. The number of nitrogens with zero attached hydrogens (tertiary/aromatic N) is 2. The van der Waals surface area contributed by atoms with Gasteiger partial charge in [-0.25, -0.2) is 4.98 Å². The molecule has 2 aliphatic rings. The van der Waals surface area contributed by atoms with Gasteiger partial charge in [0.2, 0.25) is 0 Å². The first-order valence-corrected chi connectivity index (χ1v) is 7.69. The topological polar surface area (TPSA) is 41.1 Å². The fraction of sp³-hybridized carbons (Fsp3) is 0.562. The zero-order valence-corrected chi connectivity index (χ0v) is 11.9. The van der Waals surface area contributed by atoms with Crippen LogP contribution < -0.4 is 4.90 Å². The lowest BCUT2D eigenvalue weighted by molar-refractivity contribution is 0.0492. The zero-order chi connectivity index (χ0) is 13.5. The van der Waals surface area contributed by atoms with Crippen molar-refractivity contribution in [2.75, 3.05) is 11.6 Å². The van der Waals surface area contributed by atoms with Crippen molar-refractivity contribution in [3.05, 3.63) is 24.0 Å². The third-order valence-electron chi connectivity index (χ3n) is 4.79. The Bertz CT molecular complexity index is 615. The Hall–Kier alpha value is -1.55. The van der Waals surface area contributed by atoms with Crippen LogP contribution >= 0.6 is 0 Å². The molecule has 0 spiro atoms. The van der Waals surface area contributed by atoms with Crippen LogP contribution in [0.25, 0.3) is 11.0 Å². The van der Waals surface area contributed by atoms with E-state index in [4.69, 9.17) is 4.74 Å². The van der Waals surface area contributed by atoms with E-state index in [2.05, 4.69) is 27.9 Å². The molecule has 0 radical (unpaired) electrons. The third kappa shape index (κ3) is 1.82. The monoisotopic (exact) mass is 271 g/mol. The lowest BCUT2D eigenvalue weighted by atomic mass is 9.92. The Labute approximate surface area is 119 Å². The van der Waals surface area contributed by atoms with E-state index in [-0.39, 0.29) is 6.10 Å². The average Bonchev–Trinajstić information content (AvgIpc) is 2.97. The van der Waals surface area contributed by atoms with Gasteiger partial charge in [-0.3, -0.25) is 0 Å². The van der Waals surface area contributed by atoms with Gasteiger partial charge in [0.25, 0.3) is 0 Å². The van der Waals surface area contributed by atoms with Crippen molar-refractivity contribution in [1.29, 1.82) is 0 Å². The summed E-state index contributed by atoms with van der Waals surface area (Å²) in [5.41, 5.74) is 3.56. The third-order valence-corrected chi connectivity index (χ3v) is 4.79. The molecule has 1 N–H and O–H groups in total. The van der Waals surface area contributed by atoms with Crippen LogP contribution in [-0.4, -0.2) is 22.7 Å². The highest BCUT2D eigenvalue weighted by Gasteiger charge is 2.31. The number of ether oxygens (including phenoxy) is 1. The normalized spacial score (nSPS) is 24.1. The van der Waals surface area contributed by atoms with Crippen LogP contribution in [0, 0.1) is 0 Å². The van der Waals surface area contributed by atoms with Crippen LogP contribution in [0.5, 0.6) is 0 Å². The zero-order valence-electron chi connectivity index (χ0n) is 11.9. The Balaban J connectivity index is 1.83. The van der Waals surface area contributed by atoms with E-state index < -0.39 is 0 Å². The smallest absolute Gasteiger partial charge is 0.139 e. The van der Waals surface area contributed by atoms with Gasteiger partial charge in [-0.05, 0) is 25.8 Å². The SMILES string of the molecule is CC1OCN(C2CCCCC2)c2c1cnc1[nH]ccc21. The number of fused-ring (bicyclic) bond motifs is 3. The number of nitrogens with one attached hydrogen (secondary N) is 1. The minimum Gasteiger partial charge on any atom is -0.353 e.